The molecule has 0 fully saturated rings. The summed E-state index contributed by atoms with van der Waals surface area (Å²) < 4.78 is 56.9. The standard InChI is InChI=1S/C15H10ClF4NO2S/c1-7-3-11(17)12(5-13(7)24-8(2)22)23-14-10(16)4-9(6-21-14)15(18,19)20/h3-6H,1-2H3. The van der Waals surface area contributed by atoms with E-state index in [9.17, 15) is 22.4 Å². The van der Waals surface area contributed by atoms with Crippen molar-refractivity contribution in [3.63, 3.8) is 0 Å². The van der Waals surface area contributed by atoms with E-state index in [2.05, 4.69) is 4.98 Å². The molecule has 0 amide bonds. The number of nitrogens with zero attached hydrogens (tertiary/aromatic N) is 1. The number of hydrogen-bond acceptors (Lipinski definition) is 4. The number of pyridine rings is 1. The summed E-state index contributed by atoms with van der Waals surface area (Å²) in [6.45, 7) is 2.96. The van der Waals surface area contributed by atoms with Crippen molar-refractivity contribution >= 4 is 28.5 Å². The zero-order chi connectivity index (χ0) is 18.1. The SMILES string of the molecule is CC(=O)Sc1cc(Oc2ncc(C(F)(F)F)cc2Cl)c(F)cc1C. The molecule has 24 heavy (non-hydrogen) atoms. The molecule has 0 spiro atoms. The van der Waals surface area contributed by atoms with Crippen LogP contribution in [0.1, 0.15) is 18.1 Å². The van der Waals surface area contributed by atoms with Gasteiger partial charge in [0.1, 0.15) is 5.02 Å². The average molecular weight is 380 g/mol. The maximum Gasteiger partial charge on any atom is 0.417 e. The van der Waals surface area contributed by atoms with Crippen LogP contribution < -0.4 is 4.74 Å². The van der Waals surface area contributed by atoms with Crippen molar-refractivity contribution in [3.05, 3.63) is 46.4 Å². The Morgan fingerprint density at radius 3 is 2.50 bits per heavy atom. The quantitative estimate of drug-likeness (QED) is 0.511. The summed E-state index contributed by atoms with van der Waals surface area (Å²) in [5, 5.41) is -0.619. The number of benzene rings is 1. The molecule has 128 valence electrons. The van der Waals surface area contributed by atoms with Crippen LogP contribution in [0.4, 0.5) is 17.6 Å². The fraction of sp³-hybridized carbons (Fsp3) is 0.200. The molecule has 2 rings (SSSR count). The molecule has 0 saturated carbocycles. The highest BCUT2D eigenvalue weighted by molar-refractivity contribution is 8.13. The number of aromatic nitrogens is 1. The van der Waals surface area contributed by atoms with Gasteiger partial charge in [0.05, 0.1) is 5.56 Å². The molecule has 0 radical (unpaired) electrons. The van der Waals surface area contributed by atoms with Crippen LogP contribution >= 0.6 is 23.4 Å². The summed E-state index contributed by atoms with van der Waals surface area (Å²) in [6.07, 6.45) is -4.06. The Balaban J connectivity index is 2.36. The molecule has 0 saturated heterocycles. The van der Waals surface area contributed by atoms with E-state index in [1.54, 1.807) is 6.92 Å². The van der Waals surface area contributed by atoms with Crippen LogP contribution in [0.2, 0.25) is 5.02 Å². The first-order valence-electron chi connectivity index (χ1n) is 6.47. The summed E-state index contributed by atoms with van der Waals surface area (Å²) in [5.74, 6) is -1.41. The lowest BCUT2D eigenvalue weighted by Crippen LogP contribution is -2.06. The van der Waals surface area contributed by atoms with Gasteiger partial charge in [-0.05, 0) is 30.7 Å². The summed E-state index contributed by atoms with van der Waals surface area (Å²) in [6, 6.07) is 3.06. The zero-order valence-electron chi connectivity index (χ0n) is 12.4. The predicted molar refractivity (Wildman–Crippen MR) is 82.0 cm³/mol. The van der Waals surface area contributed by atoms with E-state index < -0.39 is 22.6 Å². The minimum Gasteiger partial charge on any atom is -0.434 e. The van der Waals surface area contributed by atoms with E-state index in [1.165, 1.54) is 13.0 Å². The molecule has 3 nitrogen and oxygen atoms in total. The summed E-state index contributed by atoms with van der Waals surface area (Å²) in [5.41, 5.74) is -0.524. The number of halogens is 5. The van der Waals surface area contributed by atoms with Crippen LogP contribution in [0.25, 0.3) is 0 Å². The van der Waals surface area contributed by atoms with Crippen molar-refractivity contribution in [3.8, 4) is 11.6 Å². The van der Waals surface area contributed by atoms with Gasteiger partial charge in [0, 0.05) is 18.0 Å². The fourth-order valence-electron chi connectivity index (χ4n) is 1.74. The van der Waals surface area contributed by atoms with Gasteiger partial charge in [-0.1, -0.05) is 23.4 Å². The fourth-order valence-corrected chi connectivity index (χ4v) is 2.64. The highest BCUT2D eigenvalue weighted by Crippen LogP contribution is 2.37. The van der Waals surface area contributed by atoms with Gasteiger partial charge in [-0.15, -0.1) is 0 Å². The third-order valence-corrected chi connectivity index (χ3v) is 4.04. The molecular weight excluding hydrogens is 370 g/mol. The van der Waals surface area contributed by atoms with Crippen LogP contribution in [-0.4, -0.2) is 10.1 Å². The lowest BCUT2D eigenvalue weighted by Gasteiger charge is -2.12. The topological polar surface area (TPSA) is 39.2 Å². The van der Waals surface area contributed by atoms with E-state index >= 15 is 0 Å². The van der Waals surface area contributed by atoms with Crippen molar-refractivity contribution in [2.45, 2.75) is 24.9 Å². The normalized spacial score (nSPS) is 11.5. The first-order chi connectivity index (χ1) is 11.1. The Hall–Kier alpha value is -1.80. The Kier molecular flexibility index (Phi) is 5.39. The smallest absolute Gasteiger partial charge is 0.417 e. The number of ether oxygens (including phenoxy) is 1. The average Bonchev–Trinajstić information content (AvgIpc) is 2.44. The molecule has 0 aliphatic carbocycles. The first kappa shape index (κ1) is 18.5. The number of alkyl halides is 3. The van der Waals surface area contributed by atoms with E-state index in [1.807, 2.05) is 0 Å². The Bertz CT molecular complexity index is 796. The number of aryl methyl sites for hydroxylation is 1. The minimum atomic E-state index is -4.60. The second-order valence-corrected chi connectivity index (χ2v) is 6.38. The lowest BCUT2D eigenvalue weighted by molar-refractivity contribution is -0.137. The van der Waals surface area contributed by atoms with Gasteiger partial charge in [0.25, 0.3) is 0 Å². The van der Waals surface area contributed by atoms with Gasteiger partial charge >= 0.3 is 6.18 Å². The molecule has 0 N–H and O–H groups in total. The van der Waals surface area contributed by atoms with Crippen LogP contribution in [-0.2, 0) is 11.0 Å². The molecule has 1 aromatic heterocycles. The molecule has 1 heterocycles. The van der Waals surface area contributed by atoms with Crippen molar-refractivity contribution in [2.75, 3.05) is 0 Å². The maximum absolute atomic E-state index is 14.0. The zero-order valence-corrected chi connectivity index (χ0v) is 13.9. The van der Waals surface area contributed by atoms with Crippen molar-refractivity contribution in [2.24, 2.45) is 0 Å². The van der Waals surface area contributed by atoms with Crippen LogP contribution in [0.3, 0.4) is 0 Å². The van der Waals surface area contributed by atoms with E-state index in [4.69, 9.17) is 16.3 Å². The van der Waals surface area contributed by atoms with Crippen LogP contribution in [0.15, 0.2) is 29.3 Å². The lowest BCUT2D eigenvalue weighted by atomic mass is 10.2. The molecule has 0 atom stereocenters. The molecule has 0 aliphatic rings. The van der Waals surface area contributed by atoms with Crippen molar-refractivity contribution < 1.29 is 27.1 Å². The molecule has 0 aliphatic heterocycles. The van der Waals surface area contributed by atoms with Gasteiger partial charge in [0.15, 0.2) is 16.7 Å². The molecular formula is C15H10ClF4NO2S. The number of carbonyl (C=O) groups is 1. The third kappa shape index (κ3) is 4.39. The van der Waals surface area contributed by atoms with Crippen molar-refractivity contribution in [1.29, 1.82) is 0 Å². The van der Waals surface area contributed by atoms with Gasteiger partial charge in [0.2, 0.25) is 5.88 Å². The summed E-state index contributed by atoms with van der Waals surface area (Å²) in [7, 11) is 0. The summed E-state index contributed by atoms with van der Waals surface area (Å²) in [4.78, 5) is 15.1. The number of thioether (sulfide) groups is 1. The van der Waals surface area contributed by atoms with Crippen LogP contribution in [0, 0.1) is 12.7 Å². The number of rotatable bonds is 3. The molecule has 1 aromatic carbocycles. The van der Waals surface area contributed by atoms with Crippen LogP contribution in [0.5, 0.6) is 11.6 Å². The summed E-state index contributed by atoms with van der Waals surface area (Å²) >= 11 is 6.60. The monoisotopic (exact) mass is 379 g/mol. The highest BCUT2D eigenvalue weighted by Gasteiger charge is 2.32. The number of hydrogen-bond donors (Lipinski definition) is 0. The van der Waals surface area contributed by atoms with Gasteiger partial charge < -0.3 is 4.74 Å². The molecule has 0 bridgehead atoms. The Morgan fingerprint density at radius 2 is 1.96 bits per heavy atom. The van der Waals surface area contributed by atoms with E-state index in [-0.39, 0.29) is 16.7 Å². The largest absolute Gasteiger partial charge is 0.434 e. The Labute approximate surface area is 144 Å². The minimum absolute atomic E-state index is 0.207. The predicted octanol–water partition coefficient (Wildman–Crippen LogP) is 5.63. The second-order valence-electron chi connectivity index (χ2n) is 4.75. The second kappa shape index (κ2) is 6.98. The third-order valence-electron chi connectivity index (χ3n) is 2.82. The van der Waals surface area contributed by atoms with E-state index in [0.29, 0.717) is 22.7 Å². The van der Waals surface area contributed by atoms with Gasteiger partial charge in [-0.25, -0.2) is 9.37 Å². The van der Waals surface area contributed by atoms with Crippen molar-refractivity contribution in [1.82, 2.24) is 4.98 Å². The first-order valence-corrected chi connectivity index (χ1v) is 7.66. The maximum atomic E-state index is 14.0. The molecule has 9 heteroatoms. The highest BCUT2D eigenvalue weighted by atomic mass is 35.5. The number of carbonyl (C=O) groups excluding carboxylic acids is 1. The van der Waals surface area contributed by atoms with E-state index in [0.717, 1.165) is 17.8 Å². The Morgan fingerprint density at radius 1 is 1.29 bits per heavy atom. The molecule has 0 unspecified atom stereocenters. The molecule has 2 aromatic rings. The van der Waals surface area contributed by atoms with Gasteiger partial charge in [-0.2, -0.15) is 13.2 Å². The van der Waals surface area contributed by atoms with Gasteiger partial charge in [-0.3, -0.25) is 4.79 Å².